The first kappa shape index (κ1) is 21.3. The maximum atomic E-state index is 10.4. The molecule has 0 radical (unpaired) electrons. The van der Waals surface area contributed by atoms with Gasteiger partial charge in [0, 0.05) is 13.0 Å². The van der Waals surface area contributed by atoms with Crippen molar-refractivity contribution in [2.24, 2.45) is 0 Å². The van der Waals surface area contributed by atoms with Crippen LogP contribution in [0.5, 0.6) is 5.75 Å². The van der Waals surface area contributed by atoms with Crippen molar-refractivity contribution >= 4 is 11.6 Å². The molecule has 1 saturated heterocycles. The molecule has 154 valence electrons. The van der Waals surface area contributed by atoms with E-state index in [0.717, 1.165) is 19.3 Å². The predicted octanol–water partition coefficient (Wildman–Crippen LogP) is 2.11. The number of aliphatic hydroxyl groups excluding tert-OH is 3. The second-order valence-electron chi connectivity index (χ2n) is 7.25. The summed E-state index contributed by atoms with van der Waals surface area (Å²) < 4.78 is 17.4. The number of benzene rings is 1. The molecular weight excluding hydrogens is 386 g/mol. The van der Waals surface area contributed by atoms with E-state index in [2.05, 4.69) is 0 Å². The van der Waals surface area contributed by atoms with E-state index in [1.807, 2.05) is 13.0 Å². The fraction of sp³-hybridized carbons (Fsp3) is 0.650. The van der Waals surface area contributed by atoms with Gasteiger partial charge < -0.3 is 29.5 Å². The van der Waals surface area contributed by atoms with E-state index >= 15 is 0 Å². The van der Waals surface area contributed by atoms with Gasteiger partial charge in [0.1, 0.15) is 36.3 Å². The van der Waals surface area contributed by atoms with E-state index in [1.54, 1.807) is 18.2 Å². The predicted molar refractivity (Wildman–Crippen MR) is 101 cm³/mol. The van der Waals surface area contributed by atoms with Gasteiger partial charge in [0.2, 0.25) is 0 Å². The number of ether oxygens (including phenoxy) is 3. The van der Waals surface area contributed by atoms with Gasteiger partial charge in [-0.05, 0) is 37.5 Å². The van der Waals surface area contributed by atoms with E-state index in [1.165, 1.54) is 0 Å². The highest BCUT2D eigenvalue weighted by Crippen LogP contribution is 2.38. The zero-order chi connectivity index (χ0) is 20.3. The lowest BCUT2D eigenvalue weighted by Gasteiger charge is -2.40. The summed E-state index contributed by atoms with van der Waals surface area (Å²) in [5.41, 5.74) is 0.556. The first-order valence-electron chi connectivity index (χ1n) is 9.58. The third kappa shape index (κ3) is 4.60. The van der Waals surface area contributed by atoms with Crippen LogP contribution in [0.25, 0.3) is 0 Å². The van der Waals surface area contributed by atoms with Crippen LogP contribution in [-0.2, 0) is 9.47 Å². The van der Waals surface area contributed by atoms with E-state index in [-0.39, 0.29) is 18.6 Å². The fourth-order valence-corrected chi connectivity index (χ4v) is 4.01. The van der Waals surface area contributed by atoms with Crippen molar-refractivity contribution in [2.45, 2.75) is 75.3 Å². The molecule has 7 nitrogen and oxygen atoms in total. The highest BCUT2D eigenvalue weighted by molar-refractivity contribution is 6.32. The van der Waals surface area contributed by atoms with Crippen molar-refractivity contribution in [3.63, 3.8) is 0 Å². The molecule has 0 spiro atoms. The Morgan fingerprint density at radius 1 is 1.18 bits per heavy atom. The fourth-order valence-electron chi connectivity index (χ4n) is 3.85. The summed E-state index contributed by atoms with van der Waals surface area (Å²) in [5.74, 6) is 0.467. The first-order chi connectivity index (χ1) is 13.4. The lowest BCUT2D eigenvalue weighted by Crippen LogP contribution is -2.53. The molecule has 1 aromatic rings. The zero-order valence-corrected chi connectivity index (χ0v) is 16.5. The standard InChI is InChI=1S/C20H26ClNO6/c1-2-26-12-4-5-13(10-12)27-16-9-11(3-6-14(16)21)20-19(25)18(24)17(23)15(28-20)7-8-22/h3,6,9,12-13,15,17-20,23-25H,2,4-5,7,10H2,1H3/t12?,13?,15?,17-,18+,19-,20+/m1/s1. The molecule has 1 aromatic carbocycles. The summed E-state index contributed by atoms with van der Waals surface area (Å²) in [7, 11) is 0. The monoisotopic (exact) mass is 411 g/mol. The molecule has 7 atom stereocenters. The van der Waals surface area contributed by atoms with Crippen LogP contribution in [0.2, 0.25) is 5.02 Å². The summed E-state index contributed by atoms with van der Waals surface area (Å²) in [6.07, 6.45) is -3.24. The van der Waals surface area contributed by atoms with Crippen molar-refractivity contribution in [1.29, 1.82) is 5.26 Å². The second kappa shape index (κ2) is 9.40. The molecule has 0 bridgehead atoms. The number of nitriles is 1. The van der Waals surface area contributed by atoms with Crippen LogP contribution in [0.15, 0.2) is 18.2 Å². The number of aliphatic hydroxyl groups is 3. The van der Waals surface area contributed by atoms with Gasteiger partial charge in [0.25, 0.3) is 0 Å². The zero-order valence-electron chi connectivity index (χ0n) is 15.7. The minimum atomic E-state index is -1.42. The highest BCUT2D eigenvalue weighted by Gasteiger charge is 2.44. The van der Waals surface area contributed by atoms with Crippen molar-refractivity contribution in [2.75, 3.05) is 6.61 Å². The van der Waals surface area contributed by atoms with Crippen molar-refractivity contribution in [3.05, 3.63) is 28.8 Å². The molecule has 3 unspecified atom stereocenters. The summed E-state index contributed by atoms with van der Waals surface area (Å²) in [5, 5.41) is 39.9. The third-order valence-corrected chi connectivity index (χ3v) is 5.63. The van der Waals surface area contributed by atoms with Gasteiger partial charge in [0.05, 0.1) is 29.7 Å². The smallest absolute Gasteiger partial charge is 0.138 e. The quantitative estimate of drug-likeness (QED) is 0.657. The van der Waals surface area contributed by atoms with Crippen LogP contribution in [-0.4, -0.2) is 58.6 Å². The van der Waals surface area contributed by atoms with E-state index in [0.29, 0.717) is 22.9 Å². The Kier molecular flexibility index (Phi) is 7.15. The van der Waals surface area contributed by atoms with Crippen LogP contribution < -0.4 is 4.74 Å². The van der Waals surface area contributed by atoms with E-state index in [4.69, 9.17) is 31.1 Å². The maximum absolute atomic E-state index is 10.4. The Morgan fingerprint density at radius 3 is 2.64 bits per heavy atom. The van der Waals surface area contributed by atoms with Crippen LogP contribution in [0.3, 0.4) is 0 Å². The Morgan fingerprint density at radius 2 is 1.93 bits per heavy atom. The Hall–Kier alpha value is -1.40. The second-order valence-corrected chi connectivity index (χ2v) is 7.66. The maximum Gasteiger partial charge on any atom is 0.138 e. The van der Waals surface area contributed by atoms with Gasteiger partial charge >= 0.3 is 0 Å². The van der Waals surface area contributed by atoms with Crippen LogP contribution in [0, 0.1) is 11.3 Å². The number of halogens is 1. The number of hydrogen-bond donors (Lipinski definition) is 3. The molecule has 28 heavy (non-hydrogen) atoms. The largest absolute Gasteiger partial charge is 0.489 e. The van der Waals surface area contributed by atoms with Crippen LogP contribution in [0.1, 0.15) is 44.3 Å². The van der Waals surface area contributed by atoms with Crippen molar-refractivity contribution < 1.29 is 29.5 Å². The molecule has 1 heterocycles. The average molecular weight is 412 g/mol. The minimum absolute atomic E-state index is 0.0137. The topological polar surface area (TPSA) is 112 Å². The summed E-state index contributed by atoms with van der Waals surface area (Å²) in [6.45, 7) is 2.64. The Balaban J connectivity index is 1.76. The Bertz CT molecular complexity index is 710. The normalized spacial score (nSPS) is 35.5. The van der Waals surface area contributed by atoms with E-state index < -0.39 is 30.5 Å². The number of nitrogens with zero attached hydrogens (tertiary/aromatic N) is 1. The highest BCUT2D eigenvalue weighted by atomic mass is 35.5. The third-order valence-electron chi connectivity index (χ3n) is 5.32. The summed E-state index contributed by atoms with van der Waals surface area (Å²) in [4.78, 5) is 0. The van der Waals surface area contributed by atoms with Gasteiger partial charge in [-0.15, -0.1) is 0 Å². The average Bonchev–Trinajstić information content (AvgIpc) is 3.11. The van der Waals surface area contributed by atoms with Crippen LogP contribution in [0.4, 0.5) is 0 Å². The molecule has 1 saturated carbocycles. The number of hydrogen-bond acceptors (Lipinski definition) is 7. The lowest BCUT2D eigenvalue weighted by atomic mass is 9.90. The molecule has 8 heteroatoms. The molecule has 0 aromatic heterocycles. The molecule has 1 aliphatic heterocycles. The SMILES string of the molecule is CCOC1CCC(Oc2cc([C@@H]3OC(CC#N)[C@@H](O)[C@H](O)[C@H]3O)ccc2Cl)C1. The van der Waals surface area contributed by atoms with Gasteiger partial charge in [-0.25, -0.2) is 0 Å². The molecular formula is C20H26ClNO6. The van der Waals surface area contributed by atoms with E-state index in [9.17, 15) is 15.3 Å². The molecule has 1 aliphatic carbocycles. The van der Waals surface area contributed by atoms with Crippen molar-refractivity contribution in [3.8, 4) is 11.8 Å². The lowest BCUT2D eigenvalue weighted by molar-refractivity contribution is -0.223. The molecule has 3 N–H and O–H groups in total. The van der Waals surface area contributed by atoms with Gasteiger partial charge in [-0.2, -0.15) is 5.26 Å². The van der Waals surface area contributed by atoms with Gasteiger partial charge in [-0.3, -0.25) is 0 Å². The molecule has 0 amide bonds. The molecule has 2 aliphatic rings. The van der Waals surface area contributed by atoms with Crippen LogP contribution >= 0.6 is 11.6 Å². The molecule has 2 fully saturated rings. The van der Waals surface area contributed by atoms with Crippen molar-refractivity contribution in [1.82, 2.24) is 0 Å². The first-order valence-corrected chi connectivity index (χ1v) is 9.96. The van der Waals surface area contributed by atoms with Gasteiger partial charge in [0.15, 0.2) is 0 Å². The van der Waals surface area contributed by atoms with Gasteiger partial charge in [-0.1, -0.05) is 17.7 Å². The Labute approximate surface area is 169 Å². The number of rotatable bonds is 6. The minimum Gasteiger partial charge on any atom is -0.489 e. The molecule has 3 rings (SSSR count). The summed E-state index contributed by atoms with van der Waals surface area (Å²) >= 11 is 6.29. The summed E-state index contributed by atoms with van der Waals surface area (Å²) in [6, 6.07) is 6.92.